The quantitative estimate of drug-likeness (QED) is 0.812. The van der Waals surface area contributed by atoms with E-state index in [1.165, 1.54) is 30.2 Å². The zero-order chi connectivity index (χ0) is 17.8. The van der Waals surface area contributed by atoms with Crippen molar-refractivity contribution in [3.63, 3.8) is 0 Å². The number of carbonyl (C=O) groups is 1. The summed E-state index contributed by atoms with van der Waals surface area (Å²) in [6, 6.07) is 12.2. The number of amides is 1. The first-order valence-corrected chi connectivity index (χ1v) is 10.2. The Bertz CT molecular complexity index is 746. The van der Waals surface area contributed by atoms with Crippen LogP contribution in [0.25, 0.3) is 0 Å². The Labute approximate surface area is 155 Å². The molecule has 25 heavy (non-hydrogen) atoms. The highest BCUT2D eigenvalue weighted by Gasteiger charge is 2.19. The molecule has 1 aliphatic rings. The summed E-state index contributed by atoms with van der Waals surface area (Å²) < 4.78 is 19.2. The minimum absolute atomic E-state index is 0.165. The number of methoxy groups -OCH3 is 1. The van der Waals surface area contributed by atoms with Crippen LogP contribution in [-0.4, -0.2) is 24.5 Å². The van der Waals surface area contributed by atoms with Gasteiger partial charge in [-0.25, -0.2) is 4.39 Å². The molecule has 0 aliphatic carbocycles. The zero-order valence-corrected chi connectivity index (χ0v) is 15.8. The van der Waals surface area contributed by atoms with Gasteiger partial charge in [0.1, 0.15) is 0 Å². The van der Waals surface area contributed by atoms with Crippen LogP contribution >= 0.6 is 23.5 Å². The number of carbonyl (C=O) groups excluding carboxylic acids is 1. The maximum atomic E-state index is 13.8. The Morgan fingerprint density at radius 1 is 1.20 bits per heavy atom. The molecular formula is C19H20FNO2S2. The molecule has 1 N–H and O–H groups in total. The second-order valence-electron chi connectivity index (χ2n) is 5.78. The molecule has 0 aromatic heterocycles. The number of nitrogens with one attached hydrogen (secondary N) is 1. The summed E-state index contributed by atoms with van der Waals surface area (Å²) in [6.07, 6.45) is 0. The molecule has 1 amide bonds. The first-order chi connectivity index (χ1) is 12.1. The van der Waals surface area contributed by atoms with E-state index in [0.717, 1.165) is 0 Å². The van der Waals surface area contributed by atoms with Crippen molar-refractivity contribution in [3.8, 4) is 5.75 Å². The lowest BCUT2D eigenvalue weighted by Gasteiger charge is -2.16. The van der Waals surface area contributed by atoms with Gasteiger partial charge in [0.15, 0.2) is 11.6 Å². The number of hydrogen-bond acceptors (Lipinski definition) is 4. The maximum Gasteiger partial charge on any atom is 0.251 e. The van der Waals surface area contributed by atoms with Crippen LogP contribution in [-0.2, 0) is 0 Å². The summed E-state index contributed by atoms with van der Waals surface area (Å²) in [4.78, 5) is 12.4. The minimum Gasteiger partial charge on any atom is -0.494 e. The van der Waals surface area contributed by atoms with Crippen LogP contribution in [0.5, 0.6) is 5.75 Å². The van der Waals surface area contributed by atoms with E-state index in [2.05, 4.69) is 5.32 Å². The van der Waals surface area contributed by atoms with E-state index in [-0.39, 0.29) is 17.7 Å². The third-order valence-electron chi connectivity index (χ3n) is 4.09. The van der Waals surface area contributed by atoms with Gasteiger partial charge in [0.2, 0.25) is 0 Å². The molecule has 2 aromatic carbocycles. The molecule has 0 radical (unpaired) electrons. The summed E-state index contributed by atoms with van der Waals surface area (Å²) in [5.74, 6) is 1.95. The van der Waals surface area contributed by atoms with Gasteiger partial charge in [-0.2, -0.15) is 0 Å². The molecule has 0 unspecified atom stereocenters. The molecule has 3 nitrogen and oxygen atoms in total. The monoisotopic (exact) mass is 377 g/mol. The van der Waals surface area contributed by atoms with Crippen LogP contribution in [0, 0.1) is 5.82 Å². The third kappa shape index (κ3) is 4.30. The SMILES string of the molecule is COc1ccc([C@@H](C)NC(=O)c2ccc(C3SCCS3)cc2)cc1F. The summed E-state index contributed by atoms with van der Waals surface area (Å²) in [5, 5.41) is 2.91. The molecule has 1 atom stereocenters. The predicted octanol–water partition coefficient (Wildman–Crippen LogP) is 4.80. The molecule has 1 fully saturated rings. The number of thioether (sulfide) groups is 2. The van der Waals surface area contributed by atoms with Gasteiger partial charge in [-0.3, -0.25) is 4.79 Å². The number of ether oxygens (including phenoxy) is 1. The molecule has 132 valence electrons. The lowest BCUT2D eigenvalue weighted by molar-refractivity contribution is 0.0940. The van der Waals surface area contributed by atoms with Crippen molar-refractivity contribution in [1.29, 1.82) is 0 Å². The lowest BCUT2D eigenvalue weighted by atomic mass is 10.1. The molecule has 1 aliphatic heterocycles. The van der Waals surface area contributed by atoms with Gasteiger partial charge in [-0.1, -0.05) is 18.2 Å². The van der Waals surface area contributed by atoms with Crippen LogP contribution in [0.15, 0.2) is 42.5 Å². The van der Waals surface area contributed by atoms with Crippen LogP contribution in [0.1, 0.15) is 39.0 Å². The second kappa shape index (κ2) is 8.15. The fourth-order valence-corrected chi connectivity index (χ4v) is 5.52. The molecule has 3 rings (SSSR count). The largest absolute Gasteiger partial charge is 0.494 e. The van der Waals surface area contributed by atoms with Gasteiger partial charge in [-0.15, -0.1) is 23.5 Å². The van der Waals surface area contributed by atoms with Gasteiger partial charge < -0.3 is 10.1 Å². The second-order valence-corrected chi connectivity index (χ2v) is 8.51. The fraction of sp³-hybridized carbons (Fsp3) is 0.316. The predicted molar refractivity (Wildman–Crippen MR) is 103 cm³/mol. The van der Waals surface area contributed by atoms with E-state index >= 15 is 0 Å². The van der Waals surface area contributed by atoms with E-state index in [1.54, 1.807) is 12.1 Å². The van der Waals surface area contributed by atoms with Crippen molar-refractivity contribution in [3.05, 3.63) is 65.0 Å². The number of benzene rings is 2. The average Bonchev–Trinajstić information content (AvgIpc) is 3.16. The minimum atomic E-state index is -0.433. The van der Waals surface area contributed by atoms with E-state index in [0.29, 0.717) is 15.7 Å². The number of rotatable bonds is 5. The molecule has 0 spiro atoms. The molecule has 2 aromatic rings. The standard InChI is InChI=1S/C19H20FNO2S2/c1-12(15-7-8-17(23-2)16(20)11-15)21-18(22)13-3-5-14(6-4-13)19-24-9-10-25-19/h3-8,11-12,19H,9-10H2,1-2H3,(H,21,22)/t12-/m1/s1. The van der Waals surface area contributed by atoms with Crippen LogP contribution < -0.4 is 10.1 Å². The fourth-order valence-electron chi connectivity index (χ4n) is 2.66. The molecular weight excluding hydrogens is 357 g/mol. The van der Waals surface area contributed by atoms with Gasteiger partial charge in [-0.05, 0) is 42.3 Å². The van der Waals surface area contributed by atoms with Gasteiger partial charge in [0.25, 0.3) is 5.91 Å². The van der Waals surface area contributed by atoms with Gasteiger partial charge in [0, 0.05) is 17.1 Å². The van der Waals surface area contributed by atoms with E-state index in [1.807, 2.05) is 54.7 Å². The highest BCUT2D eigenvalue weighted by molar-refractivity contribution is 8.19. The van der Waals surface area contributed by atoms with Crippen molar-refractivity contribution in [1.82, 2.24) is 5.32 Å². The smallest absolute Gasteiger partial charge is 0.251 e. The molecule has 1 heterocycles. The first-order valence-electron chi connectivity index (χ1n) is 8.06. The van der Waals surface area contributed by atoms with Crippen LogP contribution in [0.4, 0.5) is 4.39 Å². The molecule has 6 heteroatoms. The Balaban J connectivity index is 1.65. The summed E-state index contributed by atoms with van der Waals surface area (Å²) in [6.45, 7) is 1.83. The van der Waals surface area contributed by atoms with Gasteiger partial charge >= 0.3 is 0 Å². The summed E-state index contributed by atoms with van der Waals surface area (Å²) >= 11 is 3.88. The normalized spacial score (nSPS) is 15.8. The Hall–Kier alpha value is -1.66. The van der Waals surface area contributed by atoms with E-state index < -0.39 is 5.82 Å². The Morgan fingerprint density at radius 2 is 1.88 bits per heavy atom. The van der Waals surface area contributed by atoms with Gasteiger partial charge in [0.05, 0.1) is 17.7 Å². The van der Waals surface area contributed by atoms with Crippen LogP contribution in [0.3, 0.4) is 0 Å². The van der Waals surface area contributed by atoms with Crippen molar-refractivity contribution >= 4 is 29.4 Å². The summed E-state index contributed by atoms with van der Waals surface area (Å²) in [7, 11) is 1.43. The van der Waals surface area contributed by atoms with E-state index in [9.17, 15) is 9.18 Å². The van der Waals surface area contributed by atoms with E-state index in [4.69, 9.17) is 4.74 Å². The number of hydrogen-bond donors (Lipinski definition) is 1. The highest BCUT2D eigenvalue weighted by Crippen LogP contribution is 2.45. The summed E-state index contributed by atoms with van der Waals surface area (Å²) in [5.41, 5.74) is 2.55. The average molecular weight is 378 g/mol. The first kappa shape index (κ1) is 18.1. The van der Waals surface area contributed by atoms with Crippen molar-refractivity contribution in [2.75, 3.05) is 18.6 Å². The number of halogens is 1. The Morgan fingerprint density at radius 3 is 2.48 bits per heavy atom. The maximum absolute atomic E-state index is 13.8. The topological polar surface area (TPSA) is 38.3 Å². The van der Waals surface area contributed by atoms with Crippen molar-refractivity contribution in [2.24, 2.45) is 0 Å². The highest BCUT2D eigenvalue weighted by atomic mass is 32.2. The zero-order valence-electron chi connectivity index (χ0n) is 14.1. The van der Waals surface area contributed by atoms with Crippen LogP contribution in [0.2, 0.25) is 0 Å². The van der Waals surface area contributed by atoms with Crippen molar-refractivity contribution in [2.45, 2.75) is 17.5 Å². The molecule has 0 saturated carbocycles. The Kier molecular flexibility index (Phi) is 5.91. The lowest BCUT2D eigenvalue weighted by Crippen LogP contribution is -2.26. The van der Waals surface area contributed by atoms with Crippen molar-refractivity contribution < 1.29 is 13.9 Å². The third-order valence-corrected chi connectivity index (χ3v) is 7.19. The molecule has 0 bridgehead atoms. The molecule has 1 saturated heterocycles.